The summed E-state index contributed by atoms with van der Waals surface area (Å²) in [7, 11) is 0. The molecule has 3 aromatic rings. The molecule has 0 bridgehead atoms. The minimum atomic E-state index is -0.960. The Morgan fingerprint density at radius 3 is 2.34 bits per heavy atom. The second-order valence-corrected chi connectivity index (χ2v) is 6.22. The van der Waals surface area contributed by atoms with Gasteiger partial charge in [0.05, 0.1) is 0 Å². The molecule has 8 heteroatoms. The van der Waals surface area contributed by atoms with Crippen LogP contribution in [0.4, 0.5) is 11.5 Å². The molecule has 0 spiro atoms. The van der Waals surface area contributed by atoms with Gasteiger partial charge in [0.25, 0.3) is 5.91 Å². The van der Waals surface area contributed by atoms with Crippen LogP contribution in [0.5, 0.6) is 17.2 Å². The third kappa shape index (κ3) is 5.29. The van der Waals surface area contributed by atoms with Crippen molar-refractivity contribution in [3.63, 3.8) is 0 Å². The lowest BCUT2D eigenvalue weighted by atomic mass is 10.2. The molecule has 8 nitrogen and oxygen atoms in total. The van der Waals surface area contributed by atoms with Crippen molar-refractivity contribution in [3.8, 4) is 17.2 Å². The number of rotatable bonds is 7. The molecular formula is C21H19N3O5. The monoisotopic (exact) mass is 393 g/mol. The van der Waals surface area contributed by atoms with Crippen LogP contribution in [0.1, 0.15) is 12.6 Å². The number of hydrogen-bond donors (Lipinski definition) is 1. The lowest BCUT2D eigenvalue weighted by Crippen LogP contribution is -2.30. The van der Waals surface area contributed by atoms with Crippen molar-refractivity contribution in [2.75, 3.05) is 5.32 Å². The van der Waals surface area contributed by atoms with Gasteiger partial charge in [0.1, 0.15) is 17.2 Å². The first-order valence-corrected chi connectivity index (χ1v) is 8.85. The van der Waals surface area contributed by atoms with Crippen molar-refractivity contribution < 1.29 is 19.2 Å². The first kappa shape index (κ1) is 19.8. The Morgan fingerprint density at radius 1 is 1.03 bits per heavy atom. The Bertz CT molecular complexity index is 1010. The van der Waals surface area contributed by atoms with E-state index in [-0.39, 0.29) is 5.75 Å². The van der Waals surface area contributed by atoms with Gasteiger partial charge in [-0.1, -0.05) is 18.2 Å². The molecule has 0 fully saturated rings. The molecule has 0 aliphatic heterocycles. The Hall–Kier alpha value is -3.94. The van der Waals surface area contributed by atoms with Gasteiger partial charge in [0.15, 0.2) is 6.10 Å². The van der Waals surface area contributed by atoms with Crippen molar-refractivity contribution in [1.29, 1.82) is 0 Å². The van der Waals surface area contributed by atoms with E-state index < -0.39 is 22.8 Å². The fraction of sp³-hybridized carbons (Fsp3) is 0.143. The quantitative estimate of drug-likeness (QED) is 0.468. The van der Waals surface area contributed by atoms with Crippen molar-refractivity contribution in [3.05, 3.63) is 82.5 Å². The fourth-order valence-corrected chi connectivity index (χ4v) is 2.47. The number of amides is 1. The van der Waals surface area contributed by atoms with E-state index in [1.54, 1.807) is 37.3 Å². The highest BCUT2D eigenvalue weighted by molar-refractivity contribution is 5.94. The first-order valence-electron chi connectivity index (χ1n) is 8.85. The Labute approximate surface area is 167 Å². The normalized spacial score (nSPS) is 11.4. The lowest BCUT2D eigenvalue weighted by Gasteiger charge is -2.15. The van der Waals surface area contributed by atoms with Crippen molar-refractivity contribution in [2.45, 2.75) is 20.0 Å². The summed E-state index contributed by atoms with van der Waals surface area (Å²) in [6, 6.07) is 19.2. The van der Waals surface area contributed by atoms with E-state index in [0.29, 0.717) is 22.9 Å². The molecule has 0 radical (unpaired) electrons. The Balaban J connectivity index is 1.62. The lowest BCUT2D eigenvalue weighted by molar-refractivity contribution is -0.390. The summed E-state index contributed by atoms with van der Waals surface area (Å²) in [5, 5.41) is 13.8. The number of carbonyl (C=O) groups excluding carboxylic acids is 1. The molecule has 0 unspecified atom stereocenters. The first-order chi connectivity index (χ1) is 13.9. The molecule has 0 aliphatic rings. The Morgan fingerprint density at radius 2 is 1.69 bits per heavy atom. The highest BCUT2D eigenvalue weighted by atomic mass is 16.6. The molecular weight excluding hydrogens is 374 g/mol. The molecule has 148 valence electrons. The van der Waals surface area contributed by atoms with E-state index >= 15 is 0 Å². The van der Waals surface area contributed by atoms with Crippen LogP contribution >= 0.6 is 0 Å². The summed E-state index contributed by atoms with van der Waals surface area (Å²) >= 11 is 0. The van der Waals surface area contributed by atoms with Gasteiger partial charge in [-0.05, 0) is 65.4 Å². The average molecular weight is 393 g/mol. The minimum Gasteiger partial charge on any atom is -0.473 e. The van der Waals surface area contributed by atoms with Gasteiger partial charge in [-0.2, -0.15) is 0 Å². The second-order valence-electron chi connectivity index (χ2n) is 6.22. The van der Waals surface area contributed by atoms with E-state index in [9.17, 15) is 14.9 Å². The molecule has 29 heavy (non-hydrogen) atoms. The number of nitro groups is 1. The van der Waals surface area contributed by atoms with Gasteiger partial charge in [0, 0.05) is 12.6 Å². The molecule has 1 amide bonds. The number of pyridine rings is 1. The van der Waals surface area contributed by atoms with Crippen LogP contribution in [0.3, 0.4) is 0 Å². The molecule has 1 atom stereocenters. The number of aromatic nitrogens is 1. The third-order valence-corrected chi connectivity index (χ3v) is 3.93. The molecule has 0 saturated heterocycles. The summed E-state index contributed by atoms with van der Waals surface area (Å²) in [4.78, 5) is 26.7. The van der Waals surface area contributed by atoms with Gasteiger partial charge in [-0.15, -0.1) is 0 Å². The average Bonchev–Trinajstić information content (AvgIpc) is 2.71. The van der Waals surface area contributed by atoms with E-state index in [0.717, 1.165) is 0 Å². The minimum absolute atomic E-state index is 0.0603. The summed E-state index contributed by atoms with van der Waals surface area (Å²) in [6.45, 7) is 3.14. The van der Waals surface area contributed by atoms with E-state index in [4.69, 9.17) is 9.47 Å². The van der Waals surface area contributed by atoms with Crippen molar-refractivity contribution in [2.24, 2.45) is 0 Å². The Kier molecular flexibility index (Phi) is 6.03. The number of carbonyl (C=O) groups is 1. The van der Waals surface area contributed by atoms with Gasteiger partial charge < -0.3 is 24.9 Å². The van der Waals surface area contributed by atoms with Gasteiger partial charge in [0.2, 0.25) is 5.75 Å². The summed E-state index contributed by atoms with van der Waals surface area (Å²) < 4.78 is 11.2. The second kappa shape index (κ2) is 8.83. The number of anilines is 1. The molecule has 0 saturated carbocycles. The van der Waals surface area contributed by atoms with Crippen LogP contribution in [-0.2, 0) is 4.79 Å². The molecule has 2 aromatic carbocycles. The number of nitrogens with one attached hydrogen (secondary N) is 1. The zero-order valence-electron chi connectivity index (χ0n) is 15.9. The third-order valence-electron chi connectivity index (χ3n) is 3.93. The van der Waals surface area contributed by atoms with Gasteiger partial charge in [-0.3, -0.25) is 4.79 Å². The molecule has 1 heterocycles. The van der Waals surface area contributed by atoms with Crippen molar-refractivity contribution >= 4 is 17.4 Å². The number of hydrogen-bond acceptors (Lipinski definition) is 6. The summed E-state index contributed by atoms with van der Waals surface area (Å²) in [5.74, 6) is 0.401. The molecule has 0 aliphatic carbocycles. The number of para-hydroxylation sites is 1. The maximum Gasteiger partial charge on any atom is 0.406 e. The highest BCUT2D eigenvalue weighted by Gasteiger charge is 2.23. The van der Waals surface area contributed by atoms with Crippen molar-refractivity contribution in [1.82, 2.24) is 4.98 Å². The van der Waals surface area contributed by atoms with Crippen LogP contribution in [0.2, 0.25) is 0 Å². The number of benzene rings is 2. The fourth-order valence-electron chi connectivity index (χ4n) is 2.47. The van der Waals surface area contributed by atoms with Crippen LogP contribution < -0.4 is 14.8 Å². The summed E-state index contributed by atoms with van der Waals surface area (Å²) in [6.07, 6.45) is -0.960. The van der Waals surface area contributed by atoms with Crippen LogP contribution in [-0.4, -0.2) is 21.9 Å². The van der Waals surface area contributed by atoms with Gasteiger partial charge in [-0.25, -0.2) is 0 Å². The SMILES string of the molecule is Cc1ccc(O[C@H](C)C(=O)Nc2ccc(Oc3ccccc3)cc2)c([N+](=O)[O-])n1. The number of ether oxygens (including phenoxy) is 2. The van der Waals surface area contributed by atoms with E-state index in [2.05, 4.69) is 10.3 Å². The summed E-state index contributed by atoms with van der Waals surface area (Å²) in [5.41, 5.74) is 1.03. The largest absolute Gasteiger partial charge is 0.473 e. The standard InChI is InChI=1S/C21H19N3O5/c1-14-8-13-19(20(22-14)24(26)27)28-15(2)21(25)23-16-9-11-18(12-10-16)29-17-6-4-3-5-7-17/h3-13,15H,1-2H3,(H,23,25)/t15-/m1/s1. The maximum atomic E-state index is 12.4. The van der Waals surface area contributed by atoms with E-state index in [1.807, 2.05) is 30.3 Å². The van der Waals surface area contributed by atoms with E-state index in [1.165, 1.54) is 13.0 Å². The van der Waals surface area contributed by atoms with Crippen LogP contribution in [0.25, 0.3) is 0 Å². The van der Waals surface area contributed by atoms with Gasteiger partial charge >= 0.3 is 5.82 Å². The topological polar surface area (TPSA) is 104 Å². The van der Waals surface area contributed by atoms with Crippen LogP contribution in [0, 0.1) is 17.0 Å². The zero-order chi connectivity index (χ0) is 20.8. The zero-order valence-corrected chi connectivity index (χ0v) is 15.9. The predicted octanol–water partition coefficient (Wildman–Crippen LogP) is 4.50. The molecule has 1 aromatic heterocycles. The number of nitrogens with zero attached hydrogens (tertiary/aromatic N) is 2. The molecule has 1 N–H and O–H groups in total. The molecule has 3 rings (SSSR count). The maximum absolute atomic E-state index is 12.4. The van der Waals surface area contributed by atoms with Crippen LogP contribution in [0.15, 0.2) is 66.7 Å². The highest BCUT2D eigenvalue weighted by Crippen LogP contribution is 2.26. The predicted molar refractivity (Wildman–Crippen MR) is 107 cm³/mol. The smallest absolute Gasteiger partial charge is 0.406 e. The number of aryl methyl sites for hydroxylation is 1.